The fourth-order valence-electron chi connectivity index (χ4n) is 1.97. The zero-order valence-electron chi connectivity index (χ0n) is 12.8. The molecule has 0 aliphatic rings. The first-order chi connectivity index (χ1) is 11.6. The Kier molecular flexibility index (Phi) is 5.22. The maximum Gasteiger partial charge on any atom is 0.277 e. The Morgan fingerprint density at radius 3 is 2.83 bits per heavy atom. The third-order valence-corrected chi connectivity index (χ3v) is 4.36. The van der Waals surface area contributed by atoms with Gasteiger partial charge in [-0.1, -0.05) is 35.5 Å². The maximum atomic E-state index is 12.1. The van der Waals surface area contributed by atoms with E-state index in [-0.39, 0.29) is 11.7 Å². The molecule has 6 nitrogen and oxygen atoms in total. The van der Waals surface area contributed by atoms with Crippen molar-refractivity contribution in [3.05, 3.63) is 53.4 Å². The highest BCUT2D eigenvalue weighted by Gasteiger charge is 2.15. The molecule has 0 radical (unpaired) electrons. The lowest BCUT2D eigenvalue weighted by Crippen LogP contribution is -2.27. The summed E-state index contributed by atoms with van der Waals surface area (Å²) in [7, 11) is 1.72. The summed E-state index contributed by atoms with van der Waals surface area (Å²) >= 11 is 7.29. The van der Waals surface area contributed by atoms with Crippen LogP contribution >= 0.6 is 23.4 Å². The monoisotopic (exact) mass is 363 g/mol. The van der Waals surface area contributed by atoms with Gasteiger partial charge in [-0.2, -0.15) is 0 Å². The molecule has 1 amide bonds. The number of furan rings is 1. The van der Waals surface area contributed by atoms with Crippen molar-refractivity contribution >= 4 is 29.3 Å². The standard InChI is InChI=1S/C16H14ClN3O3S/c1-20(9-11-5-4-8-22-11)14(21)10-24-16-19-18-15(23-16)12-6-2-3-7-13(12)17/h2-8H,9-10H2,1H3. The Bertz CT molecular complexity index is 820. The van der Waals surface area contributed by atoms with Crippen LogP contribution in [0.2, 0.25) is 5.02 Å². The summed E-state index contributed by atoms with van der Waals surface area (Å²) in [5.74, 6) is 1.20. The van der Waals surface area contributed by atoms with Gasteiger partial charge in [0, 0.05) is 7.05 Å². The molecular formula is C16H14ClN3O3S. The first kappa shape index (κ1) is 16.6. The van der Waals surface area contributed by atoms with Crippen molar-refractivity contribution in [2.45, 2.75) is 11.8 Å². The van der Waals surface area contributed by atoms with Crippen LogP contribution in [0.3, 0.4) is 0 Å². The summed E-state index contributed by atoms with van der Waals surface area (Å²) in [4.78, 5) is 13.7. The fourth-order valence-corrected chi connectivity index (χ4v) is 2.89. The molecule has 124 valence electrons. The quantitative estimate of drug-likeness (QED) is 0.621. The summed E-state index contributed by atoms with van der Waals surface area (Å²) in [6.07, 6.45) is 1.58. The fraction of sp³-hybridized carbons (Fsp3) is 0.188. The molecule has 0 aliphatic heterocycles. The number of hydrogen-bond donors (Lipinski definition) is 0. The minimum absolute atomic E-state index is 0.0612. The largest absolute Gasteiger partial charge is 0.467 e. The lowest BCUT2D eigenvalue weighted by molar-refractivity contribution is -0.127. The normalized spacial score (nSPS) is 10.8. The second-order valence-electron chi connectivity index (χ2n) is 4.97. The number of halogens is 1. The van der Waals surface area contributed by atoms with Gasteiger partial charge < -0.3 is 13.7 Å². The second-order valence-corrected chi connectivity index (χ2v) is 6.30. The Hall–Kier alpha value is -2.25. The molecule has 24 heavy (non-hydrogen) atoms. The molecule has 0 bridgehead atoms. The van der Waals surface area contributed by atoms with E-state index in [1.807, 2.05) is 18.2 Å². The molecule has 8 heteroatoms. The van der Waals surface area contributed by atoms with Gasteiger partial charge >= 0.3 is 0 Å². The molecule has 3 aromatic rings. The van der Waals surface area contributed by atoms with Crippen LogP contribution in [0.15, 0.2) is 56.7 Å². The van der Waals surface area contributed by atoms with Crippen molar-refractivity contribution in [1.29, 1.82) is 0 Å². The lowest BCUT2D eigenvalue weighted by Gasteiger charge is -2.14. The first-order valence-electron chi connectivity index (χ1n) is 7.11. The van der Waals surface area contributed by atoms with Crippen LogP contribution < -0.4 is 0 Å². The summed E-state index contributed by atoms with van der Waals surface area (Å²) in [5.41, 5.74) is 0.666. The van der Waals surface area contributed by atoms with Crippen LogP contribution in [0.25, 0.3) is 11.5 Å². The predicted molar refractivity (Wildman–Crippen MR) is 90.7 cm³/mol. The summed E-state index contributed by atoms with van der Waals surface area (Å²) < 4.78 is 10.8. The van der Waals surface area contributed by atoms with Crippen molar-refractivity contribution in [2.24, 2.45) is 0 Å². The van der Waals surface area contributed by atoms with Crippen LogP contribution in [0.1, 0.15) is 5.76 Å². The van der Waals surface area contributed by atoms with E-state index < -0.39 is 0 Å². The number of benzene rings is 1. The third kappa shape index (κ3) is 3.98. The zero-order chi connectivity index (χ0) is 16.9. The van der Waals surface area contributed by atoms with E-state index in [1.54, 1.807) is 36.4 Å². The van der Waals surface area contributed by atoms with Gasteiger partial charge in [0.2, 0.25) is 11.8 Å². The molecule has 2 heterocycles. The average Bonchev–Trinajstić information content (AvgIpc) is 3.24. The van der Waals surface area contributed by atoms with E-state index in [2.05, 4.69) is 10.2 Å². The van der Waals surface area contributed by atoms with Crippen molar-refractivity contribution in [1.82, 2.24) is 15.1 Å². The van der Waals surface area contributed by atoms with E-state index in [0.717, 1.165) is 5.76 Å². The van der Waals surface area contributed by atoms with Gasteiger partial charge in [0.1, 0.15) is 5.76 Å². The highest BCUT2D eigenvalue weighted by Crippen LogP contribution is 2.28. The molecule has 0 unspecified atom stereocenters. The molecule has 1 aromatic carbocycles. The smallest absolute Gasteiger partial charge is 0.277 e. The lowest BCUT2D eigenvalue weighted by atomic mass is 10.2. The second kappa shape index (κ2) is 7.55. The average molecular weight is 364 g/mol. The van der Waals surface area contributed by atoms with Gasteiger partial charge in [0.05, 0.1) is 29.1 Å². The summed E-state index contributed by atoms with van der Waals surface area (Å²) in [6, 6.07) is 10.8. The van der Waals surface area contributed by atoms with Crippen molar-refractivity contribution in [2.75, 3.05) is 12.8 Å². The molecular weight excluding hydrogens is 350 g/mol. The number of carbonyl (C=O) groups is 1. The molecule has 0 fully saturated rings. The van der Waals surface area contributed by atoms with Crippen LogP contribution in [0.5, 0.6) is 0 Å². The molecule has 0 N–H and O–H groups in total. The highest BCUT2D eigenvalue weighted by atomic mass is 35.5. The molecule has 2 aromatic heterocycles. The van der Waals surface area contributed by atoms with Gasteiger partial charge in [-0.25, -0.2) is 0 Å². The molecule has 0 aliphatic carbocycles. The van der Waals surface area contributed by atoms with Crippen LogP contribution in [-0.4, -0.2) is 33.8 Å². The number of carbonyl (C=O) groups excluding carboxylic acids is 1. The minimum atomic E-state index is -0.0612. The van der Waals surface area contributed by atoms with Gasteiger partial charge in [-0.3, -0.25) is 4.79 Å². The molecule has 0 atom stereocenters. The predicted octanol–water partition coefficient (Wildman–Crippen LogP) is 3.73. The van der Waals surface area contributed by atoms with Gasteiger partial charge in [-0.15, -0.1) is 10.2 Å². The molecule has 3 rings (SSSR count). The summed E-state index contributed by atoms with van der Waals surface area (Å²) in [5, 5.41) is 8.77. The van der Waals surface area contributed by atoms with E-state index in [9.17, 15) is 4.79 Å². The van der Waals surface area contributed by atoms with Gasteiger partial charge in [0.15, 0.2) is 0 Å². The summed E-state index contributed by atoms with van der Waals surface area (Å²) in [6.45, 7) is 0.418. The van der Waals surface area contributed by atoms with Crippen LogP contribution in [0, 0.1) is 0 Å². The van der Waals surface area contributed by atoms with E-state index >= 15 is 0 Å². The number of rotatable bonds is 6. The maximum absolute atomic E-state index is 12.1. The van der Waals surface area contributed by atoms with E-state index in [4.69, 9.17) is 20.4 Å². The van der Waals surface area contributed by atoms with Crippen molar-refractivity contribution in [3.63, 3.8) is 0 Å². The van der Waals surface area contributed by atoms with E-state index in [0.29, 0.717) is 28.2 Å². The molecule has 0 saturated carbocycles. The molecule has 0 saturated heterocycles. The number of nitrogens with zero attached hydrogens (tertiary/aromatic N) is 3. The Morgan fingerprint density at radius 1 is 1.25 bits per heavy atom. The van der Waals surface area contributed by atoms with Crippen molar-refractivity contribution < 1.29 is 13.6 Å². The number of hydrogen-bond acceptors (Lipinski definition) is 6. The zero-order valence-corrected chi connectivity index (χ0v) is 14.4. The van der Waals surface area contributed by atoms with E-state index in [1.165, 1.54) is 11.8 Å². The van der Waals surface area contributed by atoms with Gasteiger partial charge in [0.25, 0.3) is 5.22 Å². The SMILES string of the molecule is CN(Cc1ccco1)C(=O)CSc1nnc(-c2ccccc2Cl)o1. The Morgan fingerprint density at radius 2 is 2.08 bits per heavy atom. The third-order valence-electron chi connectivity index (χ3n) is 3.23. The van der Waals surface area contributed by atoms with Crippen LogP contribution in [0.4, 0.5) is 0 Å². The van der Waals surface area contributed by atoms with Crippen LogP contribution in [-0.2, 0) is 11.3 Å². The highest BCUT2D eigenvalue weighted by molar-refractivity contribution is 7.99. The van der Waals surface area contributed by atoms with Gasteiger partial charge in [-0.05, 0) is 24.3 Å². The van der Waals surface area contributed by atoms with Crippen molar-refractivity contribution in [3.8, 4) is 11.5 Å². The molecule has 0 spiro atoms. The Balaban J connectivity index is 1.57. The first-order valence-corrected chi connectivity index (χ1v) is 8.47. The number of amides is 1. The number of aromatic nitrogens is 2. The number of thioether (sulfide) groups is 1. The minimum Gasteiger partial charge on any atom is -0.467 e. The topological polar surface area (TPSA) is 72.4 Å². The Labute approximate surface area is 147 Å².